The third kappa shape index (κ3) is 1.09. The van der Waals surface area contributed by atoms with Crippen molar-refractivity contribution in [3.63, 3.8) is 0 Å². The minimum absolute atomic E-state index is 0.0451. The summed E-state index contributed by atoms with van der Waals surface area (Å²) in [6.45, 7) is 0.534. The molecular weight excluding hydrogens is 130 g/mol. The molecule has 0 spiro atoms. The molecule has 0 aromatic rings. The van der Waals surface area contributed by atoms with Gasteiger partial charge in [-0.2, -0.15) is 9.28 Å². The molecule has 0 radical (unpaired) electrons. The smallest absolute Gasteiger partial charge is 0.435 e. The molecule has 3 heteroatoms. The lowest BCUT2D eigenvalue weighted by molar-refractivity contribution is -0.778. The molecule has 0 aromatic carbocycles. The normalized spacial score (nSPS) is 30.5. The maximum atomic E-state index is 10.6. The summed E-state index contributed by atoms with van der Waals surface area (Å²) >= 11 is 0. The molecule has 1 rings (SSSR count). The fourth-order valence-electron chi connectivity index (χ4n) is 0.801. The van der Waals surface area contributed by atoms with E-state index in [9.17, 15) is 4.79 Å². The second-order valence-electron chi connectivity index (χ2n) is 2.50. The van der Waals surface area contributed by atoms with Crippen LogP contribution in [-0.2, 0) is 0 Å². The van der Waals surface area contributed by atoms with Gasteiger partial charge in [-0.1, -0.05) is 6.08 Å². The van der Waals surface area contributed by atoms with E-state index in [0.717, 1.165) is 0 Å². The molecule has 3 nitrogen and oxygen atoms in total. The Bertz CT molecular complexity index is 208. The largest absolute Gasteiger partial charge is 0.518 e. The number of carbonyl (C=O) groups is 1. The van der Waals surface area contributed by atoms with Gasteiger partial charge in [0.25, 0.3) is 0 Å². The van der Waals surface area contributed by atoms with Gasteiger partial charge < -0.3 is 5.11 Å². The van der Waals surface area contributed by atoms with E-state index < -0.39 is 6.09 Å². The van der Waals surface area contributed by atoms with Crippen LogP contribution in [0.1, 0.15) is 0 Å². The molecule has 10 heavy (non-hydrogen) atoms. The van der Waals surface area contributed by atoms with E-state index >= 15 is 0 Å². The molecule has 0 aromatic heterocycles. The summed E-state index contributed by atoms with van der Waals surface area (Å²) in [5.41, 5.74) is 0. The fourth-order valence-corrected chi connectivity index (χ4v) is 0.801. The Morgan fingerprint density at radius 2 is 2.30 bits per heavy atom. The molecule has 1 heterocycles. The molecular formula is C7H10NO2+. The van der Waals surface area contributed by atoms with Crippen molar-refractivity contribution in [2.24, 2.45) is 0 Å². The Kier molecular flexibility index (Phi) is 1.59. The van der Waals surface area contributed by atoms with E-state index in [4.69, 9.17) is 5.11 Å². The van der Waals surface area contributed by atoms with E-state index in [1.807, 2.05) is 12.2 Å². The van der Waals surface area contributed by atoms with Gasteiger partial charge in [-0.15, -0.1) is 0 Å². The molecule has 54 valence electrons. The first-order valence-electron chi connectivity index (χ1n) is 3.08. The molecule has 0 saturated carbocycles. The molecule has 0 aliphatic carbocycles. The van der Waals surface area contributed by atoms with Crippen LogP contribution in [0.4, 0.5) is 4.79 Å². The fraction of sp³-hybridized carbons (Fsp3) is 0.286. The molecule has 1 unspecified atom stereocenters. The SMILES string of the molecule is C[N+]1(C(=O)O)C=CC=CC1. The summed E-state index contributed by atoms with van der Waals surface area (Å²) in [4.78, 5) is 10.6. The van der Waals surface area contributed by atoms with Crippen molar-refractivity contribution in [1.82, 2.24) is 0 Å². The number of allylic oxidation sites excluding steroid dienone is 2. The van der Waals surface area contributed by atoms with Gasteiger partial charge in [-0.05, 0) is 12.2 Å². The van der Waals surface area contributed by atoms with Gasteiger partial charge in [0.05, 0.1) is 7.05 Å². The van der Waals surface area contributed by atoms with Crippen LogP contribution < -0.4 is 0 Å². The third-order valence-electron chi connectivity index (χ3n) is 1.58. The zero-order chi connectivity index (χ0) is 7.61. The number of amides is 1. The first-order chi connectivity index (χ1) is 4.65. The quantitative estimate of drug-likeness (QED) is 0.513. The Labute approximate surface area is 59.5 Å². The Morgan fingerprint density at radius 1 is 1.60 bits per heavy atom. The van der Waals surface area contributed by atoms with Crippen LogP contribution in [0.2, 0.25) is 0 Å². The second-order valence-corrected chi connectivity index (χ2v) is 2.50. The lowest BCUT2D eigenvalue weighted by atomic mass is 10.3. The van der Waals surface area contributed by atoms with Crippen molar-refractivity contribution < 1.29 is 14.4 Å². The number of rotatable bonds is 0. The Balaban J connectivity index is 2.80. The maximum Gasteiger partial charge on any atom is 0.518 e. The monoisotopic (exact) mass is 140 g/mol. The number of quaternary nitrogens is 1. The highest BCUT2D eigenvalue weighted by Crippen LogP contribution is 2.08. The van der Waals surface area contributed by atoms with Crippen molar-refractivity contribution in [1.29, 1.82) is 0 Å². The molecule has 1 aliphatic rings. The van der Waals surface area contributed by atoms with Crippen LogP contribution in [-0.4, -0.2) is 29.3 Å². The highest BCUT2D eigenvalue weighted by Gasteiger charge is 2.28. The van der Waals surface area contributed by atoms with E-state index in [1.165, 1.54) is 0 Å². The van der Waals surface area contributed by atoms with Crippen molar-refractivity contribution >= 4 is 6.09 Å². The average Bonchev–Trinajstić information content (AvgIpc) is 1.89. The number of nitrogens with zero attached hydrogens (tertiary/aromatic N) is 1. The number of carboxylic acid groups (broad SMARTS) is 1. The molecule has 0 fully saturated rings. The van der Waals surface area contributed by atoms with Crippen LogP contribution in [0.25, 0.3) is 0 Å². The van der Waals surface area contributed by atoms with E-state index in [-0.39, 0.29) is 4.48 Å². The van der Waals surface area contributed by atoms with E-state index in [2.05, 4.69) is 0 Å². The maximum absolute atomic E-state index is 10.6. The minimum atomic E-state index is -0.819. The lowest BCUT2D eigenvalue weighted by Crippen LogP contribution is -2.44. The summed E-state index contributed by atoms with van der Waals surface area (Å²) in [7, 11) is 1.66. The highest BCUT2D eigenvalue weighted by atomic mass is 16.4. The van der Waals surface area contributed by atoms with Crippen LogP contribution in [0.3, 0.4) is 0 Å². The summed E-state index contributed by atoms with van der Waals surface area (Å²) < 4.78 is -0.0451. The zero-order valence-electron chi connectivity index (χ0n) is 5.82. The summed E-state index contributed by atoms with van der Waals surface area (Å²) in [5.74, 6) is 0. The minimum Gasteiger partial charge on any atom is -0.435 e. The Morgan fingerprint density at radius 3 is 2.60 bits per heavy atom. The van der Waals surface area contributed by atoms with Crippen LogP contribution in [0.15, 0.2) is 24.4 Å². The summed E-state index contributed by atoms with van der Waals surface area (Å²) in [5, 5.41) is 8.68. The predicted octanol–water partition coefficient (Wildman–Crippen LogP) is 1.19. The van der Waals surface area contributed by atoms with Gasteiger partial charge in [0, 0.05) is 0 Å². The molecule has 1 aliphatic heterocycles. The van der Waals surface area contributed by atoms with E-state index in [1.54, 1.807) is 19.3 Å². The van der Waals surface area contributed by atoms with Crippen LogP contribution in [0, 0.1) is 0 Å². The van der Waals surface area contributed by atoms with Crippen molar-refractivity contribution in [2.45, 2.75) is 0 Å². The van der Waals surface area contributed by atoms with Crippen molar-refractivity contribution in [2.75, 3.05) is 13.6 Å². The highest BCUT2D eigenvalue weighted by molar-refractivity contribution is 5.57. The van der Waals surface area contributed by atoms with Gasteiger partial charge in [0.1, 0.15) is 12.7 Å². The summed E-state index contributed by atoms with van der Waals surface area (Å²) in [6.07, 6.45) is 6.28. The van der Waals surface area contributed by atoms with Gasteiger partial charge in [0.15, 0.2) is 0 Å². The van der Waals surface area contributed by atoms with Crippen LogP contribution in [0.5, 0.6) is 0 Å². The zero-order valence-corrected chi connectivity index (χ0v) is 5.82. The predicted molar refractivity (Wildman–Crippen MR) is 37.4 cm³/mol. The number of hydrogen-bond donors (Lipinski definition) is 1. The van der Waals surface area contributed by atoms with Crippen LogP contribution >= 0.6 is 0 Å². The van der Waals surface area contributed by atoms with Crippen molar-refractivity contribution in [3.8, 4) is 0 Å². The molecule has 0 bridgehead atoms. The molecule has 1 N–H and O–H groups in total. The third-order valence-corrected chi connectivity index (χ3v) is 1.58. The van der Waals surface area contributed by atoms with Gasteiger partial charge >= 0.3 is 6.09 Å². The first kappa shape index (κ1) is 7.02. The number of likely N-dealkylation sites (N-methyl/N-ethyl adjacent to an activating group) is 1. The first-order valence-corrected chi connectivity index (χ1v) is 3.08. The second kappa shape index (κ2) is 2.27. The molecule has 1 atom stereocenters. The lowest BCUT2D eigenvalue weighted by Gasteiger charge is -2.22. The van der Waals surface area contributed by atoms with E-state index in [0.29, 0.717) is 6.54 Å². The van der Waals surface area contributed by atoms with Crippen molar-refractivity contribution in [3.05, 3.63) is 24.4 Å². The van der Waals surface area contributed by atoms with Gasteiger partial charge in [-0.3, -0.25) is 0 Å². The number of hydrogen-bond acceptors (Lipinski definition) is 1. The van der Waals surface area contributed by atoms with Gasteiger partial charge in [0.2, 0.25) is 0 Å². The average molecular weight is 140 g/mol. The molecule has 0 saturated heterocycles. The molecule has 1 amide bonds. The Hall–Kier alpha value is -1.09. The standard InChI is InChI=1S/C7H9NO2/c1-8(7(9)10)5-3-2-4-6-8/h2-5H,6H2,1H3/p+1. The van der Waals surface area contributed by atoms with Gasteiger partial charge in [-0.25, -0.2) is 0 Å². The topological polar surface area (TPSA) is 37.3 Å². The summed E-state index contributed by atoms with van der Waals surface area (Å²) in [6, 6.07) is 0.